The molecule has 6 aliphatic heterocycles. The summed E-state index contributed by atoms with van der Waals surface area (Å²) in [6, 6.07) is 0. The number of thiazole rings is 5. The van der Waals surface area contributed by atoms with E-state index in [0.29, 0.717) is 23.5 Å². The van der Waals surface area contributed by atoms with Crippen molar-refractivity contribution >= 4 is 193 Å². The molecule has 0 amide bonds. The number of aliphatic hydroxyl groups excluding tert-OH is 5. The predicted octanol–water partition coefficient (Wildman–Crippen LogP) is 0.339. The topological polar surface area (TPSA) is 808 Å². The second kappa shape index (κ2) is 45.9. The SMILES string of the molecule is CC(=O)OC[C@H]1O[C@@H](n2c(=O)sc3cnc(N)nc32)[C@H](OC(C)O)[C@H]1OC(=O)OC(C)C.CC(=O)O[C@@H]1[C@@H](OC(C)=O)[C@@H](COC(=O)OC(C)C)O[C@H]1n1c(=O)sc2cnc(N)nc21.CC(=O)O[C@@H]1[C@H]2OC(=O)OC[C@H]2O[C@H]1n1c(=O)sc2cnc(N)nc21.CC(C)OC(=O)OC[C@H]1O[C@@H](n2c(=O)sc3cnc(N)nc32)[C@H](O)[C@H]1O.CC(C)OC(=O)O[C@@H]1[C@@H](O)[C@H](n2c(=O)sc3cnc(N)nc32)O[C@@H]1CO. The summed E-state index contributed by atoms with van der Waals surface area (Å²) >= 11 is 4.28. The maximum Gasteiger partial charge on any atom is 0.508 e. The van der Waals surface area contributed by atoms with E-state index in [0.717, 1.165) is 84.2 Å². The molecule has 21 atom stereocenters. The van der Waals surface area contributed by atoms with E-state index in [-0.39, 0.29) is 83.9 Å². The van der Waals surface area contributed by atoms with Gasteiger partial charge in [-0.3, -0.25) is 66.0 Å². The standard InChI is InChI=1S/C18H22N4O9S.C18H24N4O9S.2C14H18N4O7S.C13H12N4O7S/c1-7(2)28-18(26)27-6-10-12(29-8(3)23)13(30-9(4)24)15(31-10)22-14-11(32-17(22)25)5-20-16(19)21-14;1-7(2)28-18(26)31-12-10(6-27-8(3)23)30-15(13(12)29-9(4)24)22-14-11(32-17(22)25)5-20-16(19)21-14;1-5(2)23-14(22)25-9-6(4-19)24-11(8(9)20)18-10-7(26-13(18)21)3-16-12(15)17-10;1-5(2)24-14(22)23-4-6-8(19)9(20)11(25-6)18-10-7(26-13(18)21)3-16-12(15)17-10;1-4(18)22-8-7-5(3-21-13(20)24-7)23-10(8)17-9-6(25-12(17)19)2-15-11(14)16-9/h5,7,10,12-13,15H,6H2,1-4H3,(H2,19,20,21);5,7,9-10,12-13,15,24H,6H2,1-4H3,(H2,19,20,21);2*3,5-6,8-9,11,19-20H,4H2,1-2H3,(H2,15,16,17);2,5,7-8,10H,3H2,1H3,(H2,14,15,16)/t10-,12+,13-,15-;9?,10-,12+,13-,15-;6-,8-,9+,11-;6-,8+,9-,11-;5-,7+,8-,10-/m11111/s1. The van der Waals surface area contributed by atoms with Crippen molar-refractivity contribution in [3.8, 4) is 0 Å². The van der Waals surface area contributed by atoms with Crippen LogP contribution in [0.5, 0.6) is 0 Å². The van der Waals surface area contributed by atoms with Crippen molar-refractivity contribution in [3.05, 3.63) is 79.3 Å². The van der Waals surface area contributed by atoms with Gasteiger partial charge in [-0.1, -0.05) is 56.7 Å². The monoisotopic (exact) mass is 2080 g/mol. The molecular formula is C77H94N20O39S5. The van der Waals surface area contributed by atoms with Crippen LogP contribution < -0.4 is 53.0 Å². The van der Waals surface area contributed by atoms with Gasteiger partial charge in [0, 0.05) is 27.7 Å². The van der Waals surface area contributed by atoms with E-state index in [1.54, 1.807) is 55.4 Å². The number of fused-ring (bicyclic) bond motifs is 6. The summed E-state index contributed by atoms with van der Waals surface area (Å²) in [6.45, 7) is 17.5. The van der Waals surface area contributed by atoms with Crippen LogP contribution in [-0.2, 0) is 114 Å². The van der Waals surface area contributed by atoms with Crippen molar-refractivity contribution in [3.63, 3.8) is 0 Å². The normalized spacial score (nSPS) is 25.1. The first-order valence-electron chi connectivity index (χ1n) is 42.0. The second-order valence-electron chi connectivity index (χ2n) is 31.6. The molecular weight excluding hydrogens is 1990 g/mol. The highest BCUT2D eigenvalue weighted by molar-refractivity contribution is 7.17. The van der Waals surface area contributed by atoms with E-state index in [4.69, 9.17) is 123 Å². The number of aromatic nitrogens is 15. The number of carbonyl (C=O) groups is 9. The molecule has 64 heteroatoms. The fourth-order valence-corrected chi connectivity index (χ4v) is 18.4. The van der Waals surface area contributed by atoms with Gasteiger partial charge in [0.15, 0.2) is 102 Å². The number of hydrogen-bond donors (Lipinski definition) is 10. The molecule has 0 saturated carbocycles. The minimum atomic E-state index is -1.43. The first kappa shape index (κ1) is 107. The zero-order chi connectivity index (χ0) is 103. The van der Waals surface area contributed by atoms with E-state index < -0.39 is 240 Å². The fraction of sp³-hybridized carbons (Fsp3) is 0.558. The Morgan fingerprint density at radius 2 is 0.695 bits per heavy atom. The Kier molecular flexibility index (Phi) is 34.7. The minimum Gasteiger partial charge on any atom is -0.463 e. The summed E-state index contributed by atoms with van der Waals surface area (Å²) in [5.74, 6) is -2.87. The largest absolute Gasteiger partial charge is 0.508 e. The van der Waals surface area contributed by atoms with Gasteiger partial charge in [0.2, 0.25) is 29.7 Å². The fourth-order valence-electron chi connectivity index (χ4n) is 14.4. The lowest BCUT2D eigenvalue weighted by Crippen LogP contribution is -2.45. The van der Waals surface area contributed by atoms with Crippen LogP contribution in [0.2, 0.25) is 0 Å². The van der Waals surface area contributed by atoms with Crippen molar-refractivity contribution in [2.24, 2.45) is 0 Å². The molecule has 16 heterocycles. The average Bonchev–Trinajstić information content (AvgIpc) is 1.78. The molecule has 0 spiro atoms. The molecule has 0 aromatic carbocycles. The van der Waals surface area contributed by atoms with Crippen LogP contribution in [0.1, 0.15) is 121 Å². The molecule has 6 saturated heterocycles. The molecule has 10 aromatic heterocycles. The quantitative estimate of drug-likeness (QED) is 0.0234. The maximum absolute atomic E-state index is 12.8. The summed E-state index contributed by atoms with van der Waals surface area (Å²) in [5, 5.41) is 50.4. The van der Waals surface area contributed by atoms with Gasteiger partial charge in [0.25, 0.3) is 0 Å². The highest BCUT2D eigenvalue weighted by atomic mass is 32.1. The summed E-state index contributed by atoms with van der Waals surface area (Å²) in [5.41, 5.74) is 29.0. The molecule has 16 rings (SSSR count). The van der Waals surface area contributed by atoms with Crippen molar-refractivity contribution in [1.82, 2.24) is 72.7 Å². The van der Waals surface area contributed by atoms with E-state index in [1.807, 2.05) is 0 Å². The number of nitrogen functional groups attached to an aromatic ring is 5. The van der Waals surface area contributed by atoms with Crippen LogP contribution in [0.3, 0.4) is 0 Å². The van der Waals surface area contributed by atoms with Gasteiger partial charge >= 0.3 is 79.0 Å². The van der Waals surface area contributed by atoms with Crippen LogP contribution in [0.15, 0.2) is 55.0 Å². The molecule has 59 nitrogen and oxygen atoms in total. The number of nitrogens with zero attached hydrogens (tertiary/aromatic N) is 15. The summed E-state index contributed by atoms with van der Waals surface area (Å²) in [6.07, 6.45) is -23.8. The summed E-state index contributed by atoms with van der Waals surface area (Å²) < 4.78 is 113. The van der Waals surface area contributed by atoms with E-state index in [9.17, 15) is 92.7 Å². The first-order chi connectivity index (χ1) is 66.6. The van der Waals surface area contributed by atoms with Crippen molar-refractivity contribution < 1.29 is 163 Å². The van der Waals surface area contributed by atoms with Crippen LogP contribution in [0.4, 0.5) is 53.7 Å². The second-order valence-corrected chi connectivity index (χ2v) is 36.5. The number of aliphatic hydroxyl groups is 5. The van der Waals surface area contributed by atoms with Gasteiger partial charge in [-0.25, -0.2) is 48.9 Å². The Morgan fingerprint density at radius 3 is 1.06 bits per heavy atom. The first-order valence-corrected chi connectivity index (χ1v) is 46.1. The Balaban J connectivity index is 0.000000158. The zero-order valence-corrected chi connectivity index (χ0v) is 80.2. The molecule has 10 aromatic rings. The van der Waals surface area contributed by atoms with Crippen LogP contribution in [-0.4, -0.2) is 308 Å². The Bertz CT molecular complexity index is 6560. The lowest BCUT2D eigenvalue weighted by atomic mass is 10.1. The molecule has 141 heavy (non-hydrogen) atoms. The van der Waals surface area contributed by atoms with Crippen molar-refractivity contribution in [2.75, 3.05) is 61.7 Å². The third kappa shape index (κ3) is 25.5. The predicted molar refractivity (Wildman–Crippen MR) is 479 cm³/mol. The molecule has 0 aliphatic carbocycles. The molecule has 6 aliphatic rings. The zero-order valence-electron chi connectivity index (χ0n) is 76.1. The number of hydrogen-bond acceptors (Lipinski definition) is 59. The third-order valence-corrected chi connectivity index (χ3v) is 24.1. The summed E-state index contributed by atoms with van der Waals surface area (Å²) in [4.78, 5) is 205. The lowest BCUT2D eigenvalue weighted by Gasteiger charge is -2.26. The number of cyclic esters (lactones) is 1. The third-order valence-electron chi connectivity index (χ3n) is 19.7. The lowest BCUT2D eigenvalue weighted by molar-refractivity contribution is -0.170. The van der Waals surface area contributed by atoms with Crippen molar-refractivity contribution in [2.45, 2.75) is 243 Å². The molecule has 6 fully saturated rings. The summed E-state index contributed by atoms with van der Waals surface area (Å²) in [7, 11) is 0. The Hall–Kier alpha value is -13.4. The molecule has 1 unspecified atom stereocenters. The number of rotatable bonds is 23. The van der Waals surface area contributed by atoms with Crippen LogP contribution in [0, 0.1) is 0 Å². The minimum absolute atomic E-state index is 0.0201. The smallest absolute Gasteiger partial charge is 0.463 e. The van der Waals surface area contributed by atoms with Gasteiger partial charge in [0.05, 0.1) is 85.5 Å². The number of esters is 4. The highest BCUT2D eigenvalue weighted by Crippen LogP contribution is 2.42. The van der Waals surface area contributed by atoms with Crippen LogP contribution >= 0.6 is 56.7 Å². The van der Waals surface area contributed by atoms with E-state index >= 15 is 0 Å². The number of anilines is 5. The maximum atomic E-state index is 12.8. The van der Waals surface area contributed by atoms with Gasteiger partial charge in [0.1, 0.15) is 81.4 Å². The molecule has 0 bridgehead atoms. The number of nitrogens with two attached hydrogens (primary N) is 5. The van der Waals surface area contributed by atoms with Crippen LogP contribution in [0.25, 0.3) is 51.7 Å². The average molecular weight is 2080 g/mol. The van der Waals surface area contributed by atoms with Gasteiger partial charge < -0.3 is 149 Å². The van der Waals surface area contributed by atoms with Gasteiger partial charge in [-0.2, -0.15) is 24.9 Å². The molecule has 766 valence electrons. The number of carbonyl (C=O) groups excluding carboxylic acids is 9. The van der Waals surface area contributed by atoms with Gasteiger partial charge in [-0.05, 0) is 62.3 Å². The molecule has 15 N–H and O–H groups in total. The van der Waals surface area contributed by atoms with E-state index in [1.165, 1.54) is 60.9 Å². The number of ether oxygens (including phenoxy) is 20. The van der Waals surface area contributed by atoms with Crippen molar-refractivity contribution in [1.29, 1.82) is 0 Å². The highest BCUT2D eigenvalue weighted by Gasteiger charge is 2.57. The molecule has 0 radical (unpaired) electrons. The Morgan fingerprint density at radius 1 is 0.383 bits per heavy atom. The van der Waals surface area contributed by atoms with Gasteiger partial charge in [-0.15, -0.1) is 0 Å². The van der Waals surface area contributed by atoms with E-state index in [2.05, 4.69) is 49.8 Å². The Labute approximate surface area is 809 Å².